The van der Waals surface area contributed by atoms with Gasteiger partial charge in [-0.15, -0.1) is 24.0 Å². The van der Waals surface area contributed by atoms with Gasteiger partial charge in [-0.2, -0.15) is 0 Å². The first-order valence-electron chi connectivity index (χ1n) is 10.5. The van der Waals surface area contributed by atoms with Gasteiger partial charge in [0.05, 0.1) is 6.04 Å². The maximum atomic E-state index is 12.2. The molecule has 2 rings (SSSR count). The minimum Gasteiger partial charge on any atom is -0.508 e. The summed E-state index contributed by atoms with van der Waals surface area (Å²) < 4.78 is 0. The highest BCUT2D eigenvalue weighted by molar-refractivity contribution is 14.0. The van der Waals surface area contributed by atoms with E-state index in [-0.39, 0.29) is 48.2 Å². The van der Waals surface area contributed by atoms with Gasteiger partial charge in [-0.3, -0.25) is 9.69 Å². The van der Waals surface area contributed by atoms with E-state index in [1.54, 1.807) is 12.1 Å². The molecule has 0 fully saturated rings. The second-order valence-corrected chi connectivity index (χ2v) is 6.82. The number of nitrogens with zero attached hydrogens (tertiary/aromatic N) is 2. The highest BCUT2D eigenvalue weighted by Crippen LogP contribution is 2.19. The molecule has 2 aromatic rings. The number of aliphatic imine (C=N–C) groups is 1. The fraction of sp³-hybridized carbons (Fsp3) is 0.391. The van der Waals surface area contributed by atoms with Gasteiger partial charge in [0.2, 0.25) is 5.91 Å². The van der Waals surface area contributed by atoms with E-state index < -0.39 is 0 Å². The van der Waals surface area contributed by atoms with Gasteiger partial charge in [0.25, 0.3) is 0 Å². The van der Waals surface area contributed by atoms with Crippen LogP contribution in [-0.2, 0) is 4.79 Å². The summed E-state index contributed by atoms with van der Waals surface area (Å²) in [6.45, 7) is 9.58. The Hall–Kier alpha value is -2.33. The van der Waals surface area contributed by atoms with Gasteiger partial charge in [-0.25, -0.2) is 4.99 Å². The molecule has 8 heteroatoms. The van der Waals surface area contributed by atoms with E-state index in [4.69, 9.17) is 0 Å². The number of hydrogen-bond donors (Lipinski definition) is 4. The zero-order chi connectivity index (χ0) is 21.8. The number of anilines is 1. The fourth-order valence-corrected chi connectivity index (χ4v) is 3.23. The van der Waals surface area contributed by atoms with E-state index in [9.17, 15) is 9.90 Å². The number of guanidine groups is 1. The lowest BCUT2D eigenvalue weighted by Gasteiger charge is -2.30. The SMILES string of the molecule is CCNC(=NCC(=O)Nc1ccc(O)cc1)NCC(c1ccccc1)N(CC)CC.I. The lowest BCUT2D eigenvalue weighted by atomic mass is 10.1. The monoisotopic (exact) mass is 539 g/mol. The Morgan fingerprint density at radius 1 is 1.00 bits per heavy atom. The number of nitrogens with one attached hydrogen (secondary N) is 3. The molecule has 0 bridgehead atoms. The average molecular weight is 539 g/mol. The molecule has 2 aromatic carbocycles. The molecule has 0 aromatic heterocycles. The van der Waals surface area contributed by atoms with Crippen LogP contribution >= 0.6 is 24.0 Å². The van der Waals surface area contributed by atoms with Crippen molar-refractivity contribution in [3.63, 3.8) is 0 Å². The Kier molecular flexibility index (Phi) is 12.6. The smallest absolute Gasteiger partial charge is 0.246 e. The van der Waals surface area contributed by atoms with Gasteiger partial charge in [0.15, 0.2) is 5.96 Å². The van der Waals surface area contributed by atoms with Crippen LogP contribution in [0, 0.1) is 0 Å². The lowest BCUT2D eigenvalue weighted by Crippen LogP contribution is -2.43. The number of phenolic OH excluding ortho intramolecular Hbond substituents is 1. The van der Waals surface area contributed by atoms with E-state index in [0.29, 0.717) is 24.7 Å². The maximum Gasteiger partial charge on any atom is 0.246 e. The topological polar surface area (TPSA) is 89.0 Å². The Balaban J connectivity index is 0.00000480. The van der Waals surface area contributed by atoms with Crippen LogP contribution in [0.25, 0.3) is 0 Å². The normalized spacial score (nSPS) is 12.1. The van der Waals surface area contributed by atoms with Gasteiger partial charge in [0, 0.05) is 18.8 Å². The number of rotatable bonds is 10. The number of aromatic hydroxyl groups is 1. The zero-order valence-corrected chi connectivity index (χ0v) is 20.8. The van der Waals surface area contributed by atoms with Crippen molar-refractivity contribution in [3.8, 4) is 5.75 Å². The van der Waals surface area contributed by atoms with Crippen molar-refractivity contribution < 1.29 is 9.90 Å². The quantitative estimate of drug-likeness (QED) is 0.161. The molecule has 4 N–H and O–H groups in total. The van der Waals surface area contributed by atoms with Crippen LogP contribution in [0.5, 0.6) is 5.75 Å². The van der Waals surface area contributed by atoms with Gasteiger partial charge in [-0.1, -0.05) is 44.2 Å². The van der Waals surface area contributed by atoms with Crippen LogP contribution in [-0.4, -0.2) is 54.6 Å². The number of likely N-dealkylation sites (N-methyl/N-ethyl adjacent to an activating group) is 1. The molecule has 0 saturated heterocycles. The molecule has 0 spiro atoms. The first-order chi connectivity index (χ1) is 14.6. The van der Waals surface area contributed by atoms with Crippen LogP contribution in [0.4, 0.5) is 5.69 Å². The molecule has 1 atom stereocenters. The van der Waals surface area contributed by atoms with Gasteiger partial charge < -0.3 is 21.1 Å². The number of halogens is 1. The van der Waals surface area contributed by atoms with Crippen molar-refractivity contribution in [2.45, 2.75) is 26.8 Å². The molecule has 0 saturated carbocycles. The van der Waals surface area contributed by atoms with Crippen molar-refractivity contribution in [3.05, 3.63) is 60.2 Å². The second-order valence-electron chi connectivity index (χ2n) is 6.82. The molecule has 1 unspecified atom stereocenters. The Labute approximate surface area is 202 Å². The predicted molar refractivity (Wildman–Crippen MR) is 138 cm³/mol. The number of phenols is 1. The molecule has 7 nitrogen and oxygen atoms in total. The summed E-state index contributed by atoms with van der Waals surface area (Å²) in [5.41, 5.74) is 1.87. The summed E-state index contributed by atoms with van der Waals surface area (Å²) in [4.78, 5) is 19.0. The first-order valence-corrected chi connectivity index (χ1v) is 10.5. The van der Waals surface area contributed by atoms with E-state index in [2.05, 4.69) is 64.0 Å². The van der Waals surface area contributed by atoms with Gasteiger partial charge >= 0.3 is 0 Å². The third-order valence-electron chi connectivity index (χ3n) is 4.78. The predicted octanol–water partition coefficient (Wildman–Crippen LogP) is 3.59. The summed E-state index contributed by atoms with van der Waals surface area (Å²) in [6, 6.07) is 17.0. The highest BCUT2D eigenvalue weighted by Gasteiger charge is 2.18. The lowest BCUT2D eigenvalue weighted by molar-refractivity contribution is -0.114. The number of hydrogen-bond acceptors (Lipinski definition) is 4. The second kappa shape index (κ2) is 14.6. The highest BCUT2D eigenvalue weighted by atomic mass is 127. The Bertz CT molecular complexity index is 795. The number of carbonyl (C=O) groups is 1. The minimum absolute atomic E-state index is 0. The third kappa shape index (κ3) is 9.14. The Morgan fingerprint density at radius 3 is 2.23 bits per heavy atom. The number of amides is 1. The maximum absolute atomic E-state index is 12.2. The molecule has 1 amide bonds. The fourth-order valence-electron chi connectivity index (χ4n) is 3.23. The number of carbonyl (C=O) groups excluding carboxylic acids is 1. The summed E-state index contributed by atoms with van der Waals surface area (Å²) in [5.74, 6) is 0.540. The molecule has 0 heterocycles. The van der Waals surface area contributed by atoms with Crippen molar-refractivity contribution in [1.82, 2.24) is 15.5 Å². The molecular weight excluding hydrogens is 505 g/mol. The van der Waals surface area contributed by atoms with Crippen molar-refractivity contribution >= 4 is 41.5 Å². The van der Waals surface area contributed by atoms with Crippen molar-refractivity contribution in [1.29, 1.82) is 0 Å². The average Bonchev–Trinajstić information content (AvgIpc) is 2.77. The van der Waals surface area contributed by atoms with Crippen LogP contribution in [0.2, 0.25) is 0 Å². The Morgan fingerprint density at radius 2 is 1.65 bits per heavy atom. The molecular formula is C23H34IN5O2. The minimum atomic E-state index is -0.221. The molecule has 0 aliphatic carbocycles. The van der Waals surface area contributed by atoms with Crippen molar-refractivity contribution in [2.75, 3.05) is 38.0 Å². The van der Waals surface area contributed by atoms with E-state index >= 15 is 0 Å². The molecule has 31 heavy (non-hydrogen) atoms. The van der Waals surface area contributed by atoms with Gasteiger partial charge in [0.1, 0.15) is 12.3 Å². The standard InChI is InChI=1S/C23H33N5O2.HI/c1-4-24-23(26-17-22(30)27-19-12-14-20(29)15-13-19)25-16-21(28(5-2)6-3)18-10-8-7-9-11-18;/h7-15,21,29H,4-6,16-17H2,1-3H3,(H,27,30)(H2,24,25,26);1H. The largest absolute Gasteiger partial charge is 0.508 e. The molecule has 0 aliphatic heterocycles. The number of benzene rings is 2. The van der Waals surface area contributed by atoms with E-state index in [1.165, 1.54) is 17.7 Å². The van der Waals surface area contributed by atoms with Crippen LogP contribution in [0.1, 0.15) is 32.4 Å². The van der Waals surface area contributed by atoms with E-state index in [0.717, 1.165) is 13.1 Å². The van der Waals surface area contributed by atoms with Crippen molar-refractivity contribution in [2.24, 2.45) is 4.99 Å². The van der Waals surface area contributed by atoms with Gasteiger partial charge in [-0.05, 0) is 49.8 Å². The van der Waals surface area contributed by atoms with E-state index in [1.807, 2.05) is 13.0 Å². The molecule has 170 valence electrons. The third-order valence-corrected chi connectivity index (χ3v) is 4.78. The summed E-state index contributed by atoms with van der Waals surface area (Å²) >= 11 is 0. The molecule has 0 radical (unpaired) electrons. The summed E-state index contributed by atoms with van der Waals surface area (Å²) in [7, 11) is 0. The molecule has 0 aliphatic rings. The van der Waals surface area contributed by atoms with Crippen LogP contribution in [0.15, 0.2) is 59.6 Å². The summed E-state index contributed by atoms with van der Waals surface area (Å²) in [5, 5.41) is 18.7. The zero-order valence-electron chi connectivity index (χ0n) is 18.5. The van der Waals surface area contributed by atoms with Crippen LogP contribution < -0.4 is 16.0 Å². The van der Waals surface area contributed by atoms with Crippen LogP contribution in [0.3, 0.4) is 0 Å². The first kappa shape index (κ1) is 26.7. The summed E-state index contributed by atoms with van der Waals surface area (Å²) in [6.07, 6.45) is 0.